The van der Waals surface area contributed by atoms with Crippen molar-refractivity contribution in [2.45, 2.75) is 12.8 Å². The lowest BCUT2D eigenvalue weighted by molar-refractivity contribution is -0.870. The lowest BCUT2D eigenvalue weighted by atomic mass is 10.1. The number of carbonyl (C=O) groups excluding carboxylic acids is 1. The fraction of sp³-hybridized carbons (Fsp3) is 0.480. The van der Waals surface area contributed by atoms with E-state index >= 15 is 0 Å². The van der Waals surface area contributed by atoms with Gasteiger partial charge in [0.1, 0.15) is 11.5 Å². The quantitative estimate of drug-likeness (QED) is 0.375. The summed E-state index contributed by atoms with van der Waals surface area (Å²) in [4.78, 5) is 12.8. The summed E-state index contributed by atoms with van der Waals surface area (Å²) in [7, 11) is 13.1. The van der Waals surface area contributed by atoms with Crippen molar-refractivity contribution < 1.29 is 23.2 Å². The first-order chi connectivity index (χ1) is 14.0. The molecule has 0 amide bonds. The van der Waals surface area contributed by atoms with Gasteiger partial charge in [0.15, 0.2) is 5.78 Å². The maximum Gasteiger partial charge on any atom is 0.194 e. The third-order valence-electron chi connectivity index (χ3n) is 5.25. The van der Waals surface area contributed by atoms with Gasteiger partial charge in [-0.15, -0.1) is 0 Å². The standard InChI is InChI=1S/C25H36N2O3/c1-26(2,3)13-7-15-29-19-9-11-21-23(17-19)24-18-20(10-12-22(24)25(21)28)30-16-8-14-27(4,5)6/h9-12,17-18H,7-8,13-16H2,1-6H3/q+2. The molecule has 5 heteroatoms. The zero-order valence-electron chi connectivity index (χ0n) is 19.3. The van der Waals surface area contributed by atoms with Crippen LogP contribution in [0.4, 0.5) is 0 Å². The number of ketones is 1. The molecular formula is C25H36N2O3+2. The molecule has 0 unspecified atom stereocenters. The van der Waals surface area contributed by atoms with Gasteiger partial charge < -0.3 is 18.4 Å². The molecule has 2 aromatic carbocycles. The zero-order valence-corrected chi connectivity index (χ0v) is 19.3. The second-order valence-electron chi connectivity index (χ2n) is 10.2. The maximum atomic E-state index is 12.8. The molecule has 162 valence electrons. The normalized spacial score (nSPS) is 13.2. The topological polar surface area (TPSA) is 35.5 Å². The number of nitrogens with zero attached hydrogens (tertiary/aromatic N) is 2. The smallest absolute Gasteiger partial charge is 0.194 e. The minimum Gasteiger partial charge on any atom is -0.493 e. The highest BCUT2D eigenvalue weighted by Crippen LogP contribution is 2.40. The largest absolute Gasteiger partial charge is 0.493 e. The third kappa shape index (κ3) is 5.83. The molecule has 5 nitrogen and oxygen atoms in total. The molecule has 0 radical (unpaired) electrons. The van der Waals surface area contributed by atoms with Crippen LogP contribution in [0.2, 0.25) is 0 Å². The number of hydrogen-bond acceptors (Lipinski definition) is 3. The van der Waals surface area contributed by atoms with Crippen LogP contribution < -0.4 is 9.47 Å². The summed E-state index contributed by atoms with van der Waals surface area (Å²) in [6.07, 6.45) is 1.97. The lowest BCUT2D eigenvalue weighted by Crippen LogP contribution is -2.36. The Bertz CT molecular complexity index is 834. The first-order valence-corrected chi connectivity index (χ1v) is 10.7. The van der Waals surface area contributed by atoms with Crippen molar-refractivity contribution in [3.8, 4) is 22.6 Å². The van der Waals surface area contributed by atoms with Gasteiger partial charge >= 0.3 is 0 Å². The van der Waals surface area contributed by atoms with Gasteiger partial charge in [0, 0.05) is 24.0 Å². The number of rotatable bonds is 10. The zero-order chi connectivity index (χ0) is 21.9. The Hall–Kier alpha value is -2.37. The Kier molecular flexibility index (Phi) is 6.53. The summed E-state index contributed by atoms with van der Waals surface area (Å²) < 4.78 is 13.8. The monoisotopic (exact) mass is 412 g/mol. The van der Waals surface area contributed by atoms with Crippen LogP contribution in [0.15, 0.2) is 36.4 Å². The van der Waals surface area contributed by atoms with Crippen molar-refractivity contribution >= 4 is 5.78 Å². The van der Waals surface area contributed by atoms with Gasteiger partial charge in [-0.3, -0.25) is 4.79 Å². The molecule has 0 saturated carbocycles. The summed E-state index contributed by atoms with van der Waals surface area (Å²) in [6.45, 7) is 3.46. The van der Waals surface area contributed by atoms with Crippen molar-refractivity contribution in [3.05, 3.63) is 47.5 Å². The number of quaternary nitrogens is 2. The van der Waals surface area contributed by atoms with Crippen LogP contribution in [-0.2, 0) is 0 Å². The van der Waals surface area contributed by atoms with Crippen LogP contribution in [0.25, 0.3) is 11.1 Å². The van der Waals surface area contributed by atoms with Crippen molar-refractivity contribution in [3.63, 3.8) is 0 Å². The molecular weight excluding hydrogens is 376 g/mol. The van der Waals surface area contributed by atoms with Crippen LogP contribution in [0.1, 0.15) is 28.8 Å². The van der Waals surface area contributed by atoms with E-state index in [0.29, 0.717) is 13.2 Å². The van der Waals surface area contributed by atoms with Gasteiger partial charge in [-0.05, 0) is 47.5 Å². The average molecular weight is 413 g/mol. The van der Waals surface area contributed by atoms with E-state index in [9.17, 15) is 4.79 Å². The van der Waals surface area contributed by atoms with Crippen LogP contribution in [0, 0.1) is 0 Å². The van der Waals surface area contributed by atoms with Crippen LogP contribution in [0.5, 0.6) is 11.5 Å². The molecule has 0 aromatic heterocycles. The van der Waals surface area contributed by atoms with E-state index < -0.39 is 0 Å². The molecule has 0 heterocycles. The number of ether oxygens (including phenoxy) is 2. The Labute approximate surface area is 181 Å². The van der Waals surface area contributed by atoms with Gasteiger partial charge in [0.2, 0.25) is 0 Å². The Morgan fingerprint density at radius 2 is 1.03 bits per heavy atom. The van der Waals surface area contributed by atoms with Crippen LogP contribution in [-0.4, -0.2) is 83.3 Å². The lowest BCUT2D eigenvalue weighted by Gasteiger charge is -2.23. The van der Waals surface area contributed by atoms with Crippen molar-refractivity contribution in [1.29, 1.82) is 0 Å². The highest BCUT2D eigenvalue weighted by Gasteiger charge is 2.27. The van der Waals surface area contributed by atoms with E-state index in [2.05, 4.69) is 42.3 Å². The van der Waals surface area contributed by atoms with E-state index in [-0.39, 0.29) is 5.78 Å². The van der Waals surface area contributed by atoms with Gasteiger partial charge in [-0.25, -0.2) is 0 Å². The van der Waals surface area contributed by atoms with Gasteiger partial charge in [0.05, 0.1) is 68.6 Å². The average Bonchev–Trinajstić information content (AvgIpc) is 2.93. The van der Waals surface area contributed by atoms with Crippen LogP contribution in [0.3, 0.4) is 0 Å². The SMILES string of the molecule is C[N+](C)(C)CCCOc1ccc2c(c1)-c1cc(OCCC[N+](C)(C)C)ccc1C2=O. The summed E-state index contributed by atoms with van der Waals surface area (Å²) in [5.74, 6) is 1.70. The number of carbonyl (C=O) groups is 1. The molecule has 0 atom stereocenters. The number of hydrogen-bond donors (Lipinski definition) is 0. The minimum atomic E-state index is 0.0770. The molecule has 1 aliphatic carbocycles. The van der Waals surface area contributed by atoms with E-state index in [1.54, 1.807) is 0 Å². The Morgan fingerprint density at radius 1 is 0.633 bits per heavy atom. The second-order valence-corrected chi connectivity index (χ2v) is 10.2. The van der Waals surface area contributed by atoms with Crippen LogP contribution >= 0.6 is 0 Å². The first-order valence-electron chi connectivity index (χ1n) is 10.7. The van der Waals surface area contributed by atoms with Gasteiger partial charge in [-0.1, -0.05) is 0 Å². The predicted molar refractivity (Wildman–Crippen MR) is 121 cm³/mol. The summed E-state index contributed by atoms with van der Waals surface area (Å²) >= 11 is 0. The van der Waals surface area contributed by atoms with Gasteiger partial charge in [0.25, 0.3) is 0 Å². The fourth-order valence-corrected chi connectivity index (χ4v) is 3.67. The van der Waals surface area contributed by atoms with Crippen molar-refractivity contribution in [2.75, 3.05) is 68.6 Å². The van der Waals surface area contributed by atoms with E-state index in [4.69, 9.17) is 9.47 Å². The molecule has 30 heavy (non-hydrogen) atoms. The summed E-state index contributed by atoms with van der Waals surface area (Å²) in [5.41, 5.74) is 3.36. The molecule has 0 aliphatic heterocycles. The van der Waals surface area contributed by atoms with E-state index in [1.165, 1.54) is 0 Å². The Morgan fingerprint density at radius 3 is 1.40 bits per heavy atom. The molecule has 0 saturated heterocycles. The highest BCUT2D eigenvalue weighted by atomic mass is 16.5. The molecule has 0 fully saturated rings. The summed E-state index contributed by atoms with van der Waals surface area (Å²) in [5, 5.41) is 0. The molecule has 2 aromatic rings. The molecule has 3 rings (SSSR count). The minimum absolute atomic E-state index is 0.0770. The molecule has 0 spiro atoms. The highest BCUT2D eigenvalue weighted by molar-refractivity contribution is 6.21. The number of benzene rings is 2. The molecule has 1 aliphatic rings. The number of fused-ring (bicyclic) bond motifs is 3. The van der Waals surface area contributed by atoms with Crippen molar-refractivity contribution in [2.24, 2.45) is 0 Å². The van der Waals surface area contributed by atoms with Gasteiger partial charge in [-0.2, -0.15) is 0 Å². The second kappa shape index (κ2) is 8.78. The van der Waals surface area contributed by atoms with E-state index in [1.807, 2.05) is 36.4 Å². The third-order valence-corrected chi connectivity index (χ3v) is 5.25. The molecule has 0 bridgehead atoms. The maximum absolute atomic E-state index is 12.8. The van der Waals surface area contributed by atoms with E-state index in [0.717, 1.165) is 68.7 Å². The van der Waals surface area contributed by atoms with Crippen molar-refractivity contribution in [1.82, 2.24) is 0 Å². The fourth-order valence-electron chi connectivity index (χ4n) is 3.67. The summed E-state index contributed by atoms with van der Waals surface area (Å²) in [6, 6.07) is 11.5. The predicted octanol–water partition coefficient (Wildman–Crippen LogP) is 3.85. The first kappa shape index (κ1) is 22.3. The molecule has 0 N–H and O–H groups in total. The Balaban J connectivity index is 1.68.